The lowest BCUT2D eigenvalue weighted by atomic mass is 10.1. The third-order valence-corrected chi connectivity index (χ3v) is 2.43. The fraction of sp³-hybridized carbons (Fsp3) is 0.250. The van der Waals surface area contributed by atoms with E-state index in [0.717, 1.165) is 29.9 Å². The van der Waals surface area contributed by atoms with E-state index >= 15 is 0 Å². The lowest BCUT2D eigenvalue weighted by molar-refractivity contribution is -0.132. The summed E-state index contributed by atoms with van der Waals surface area (Å²) in [7, 11) is 0. The van der Waals surface area contributed by atoms with Gasteiger partial charge >= 0.3 is 5.97 Å². The lowest BCUT2D eigenvalue weighted by Gasteiger charge is -2.00. The third kappa shape index (κ3) is 2.01. The zero-order valence-corrected chi connectivity index (χ0v) is 8.49. The molecule has 3 nitrogen and oxygen atoms in total. The van der Waals surface area contributed by atoms with Gasteiger partial charge in [-0.25, -0.2) is 4.79 Å². The molecule has 78 valence electrons. The Morgan fingerprint density at radius 1 is 1.53 bits per heavy atom. The minimum atomic E-state index is -0.883. The number of fused-ring (bicyclic) bond motifs is 1. The normalized spacial score (nSPS) is 14.6. The van der Waals surface area contributed by atoms with Gasteiger partial charge in [0, 0.05) is 12.0 Å². The van der Waals surface area contributed by atoms with Crippen LogP contribution in [0.15, 0.2) is 23.8 Å². The number of carbonyl (C=O) groups is 1. The van der Waals surface area contributed by atoms with Crippen molar-refractivity contribution in [2.45, 2.75) is 13.3 Å². The average molecular weight is 204 g/mol. The van der Waals surface area contributed by atoms with E-state index in [1.165, 1.54) is 0 Å². The Kier molecular flexibility index (Phi) is 2.46. The molecule has 2 rings (SSSR count). The zero-order chi connectivity index (χ0) is 10.8. The van der Waals surface area contributed by atoms with Crippen LogP contribution in [0.3, 0.4) is 0 Å². The summed E-state index contributed by atoms with van der Waals surface area (Å²) in [6.45, 7) is 2.31. The van der Waals surface area contributed by atoms with Crippen molar-refractivity contribution in [2.24, 2.45) is 0 Å². The first kappa shape index (κ1) is 9.77. The van der Waals surface area contributed by atoms with Gasteiger partial charge < -0.3 is 9.84 Å². The Hall–Kier alpha value is -1.77. The van der Waals surface area contributed by atoms with Crippen molar-refractivity contribution in [3.63, 3.8) is 0 Å². The maximum atomic E-state index is 10.6. The number of hydrogen-bond acceptors (Lipinski definition) is 2. The first-order valence-electron chi connectivity index (χ1n) is 4.84. The molecule has 0 saturated carbocycles. The predicted octanol–water partition coefficient (Wildman–Crippen LogP) is 2.11. The van der Waals surface area contributed by atoms with Crippen LogP contribution >= 0.6 is 0 Å². The van der Waals surface area contributed by atoms with Gasteiger partial charge in [-0.1, -0.05) is 6.07 Å². The fourth-order valence-electron chi connectivity index (χ4n) is 1.61. The number of carboxylic acids is 1. The highest BCUT2D eigenvalue weighted by Crippen LogP contribution is 2.26. The van der Waals surface area contributed by atoms with Crippen LogP contribution in [0.5, 0.6) is 5.75 Å². The monoisotopic (exact) mass is 204 g/mol. The van der Waals surface area contributed by atoms with E-state index in [9.17, 15) is 4.79 Å². The van der Waals surface area contributed by atoms with Crippen molar-refractivity contribution in [1.29, 1.82) is 0 Å². The molecule has 0 unspecified atom stereocenters. The molecule has 0 saturated heterocycles. The van der Waals surface area contributed by atoms with Gasteiger partial charge in [0.15, 0.2) is 0 Å². The Morgan fingerprint density at radius 2 is 2.33 bits per heavy atom. The van der Waals surface area contributed by atoms with E-state index in [1.54, 1.807) is 13.0 Å². The summed E-state index contributed by atoms with van der Waals surface area (Å²) >= 11 is 0. The van der Waals surface area contributed by atoms with Crippen molar-refractivity contribution in [2.75, 3.05) is 6.61 Å². The van der Waals surface area contributed by atoms with E-state index in [0.29, 0.717) is 5.57 Å². The van der Waals surface area contributed by atoms with Gasteiger partial charge in [0.25, 0.3) is 0 Å². The van der Waals surface area contributed by atoms with E-state index in [1.807, 2.05) is 18.2 Å². The molecular formula is C12H12O3. The summed E-state index contributed by atoms with van der Waals surface area (Å²) in [5, 5.41) is 8.74. The SMILES string of the molecule is C/C(=C/c1ccc2c(c1)CCO2)C(=O)O. The maximum Gasteiger partial charge on any atom is 0.331 e. The molecule has 1 heterocycles. The highest BCUT2D eigenvalue weighted by atomic mass is 16.5. The summed E-state index contributed by atoms with van der Waals surface area (Å²) in [6, 6.07) is 5.74. The second-order valence-corrected chi connectivity index (χ2v) is 3.60. The summed E-state index contributed by atoms with van der Waals surface area (Å²) in [5.41, 5.74) is 2.41. The molecule has 15 heavy (non-hydrogen) atoms. The second-order valence-electron chi connectivity index (χ2n) is 3.60. The molecule has 0 aromatic heterocycles. The van der Waals surface area contributed by atoms with Gasteiger partial charge in [-0.2, -0.15) is 0 Å². The zero-order valence-electron chi connectivity index (χ0n) is 8.49. The van der Waals surface area contributed by atoms with Crippen LogP contribution in [0, 0.1) is 0 Å². The molecular weight excluding hydrogens is 192 g/mol. The van der Waals surface area contributed by atoms with Crippen molar-refractivity contribution in [3.05, 3.63) is 34.9 Å². The molecule has 1 aliphatic rings. The van der Waals surface area contributed by atoms with E-state index < -0.39 is 5.97 Å². The van der Waals surface area contributed by atoms with Crippen molar-refractivity contribution in [3.8, 4) is 5.75 Å². The molecule has 1 N–H and O–H groups in total. The maximum absolute atomic E-state index is 10.6. The number of aliphatic carboxylic acids is 1. The number of carboxylic acid groups (broad SMARTS) is 1. The quantitative estimate of drug-likeness (QED) is 0.750. The van der Waals surface area contributed by atoms with Gasteiger partial charge in [0.1, 0.15) is 5.75 Å². The van der Waals surface area contributed by atoms with Crippen LogP contribution < -0.4 is 4.74 Å². The minimum Gasteiger partial charge on any atom is -0.493 e. The first-order chi connectivity index (χ1) is 7.16. The molecule has 1 aromatic rings. The Balaban J connectivity index is 2.31. The van der Waals surface area contributed by atoms with Crippen LogP contribution in [0.4, 0.5) is 0 Å². The lowest BCUT2D eigenvalue weighted by Crippen LogP contribution is -1.95. The molecule has 1 aromatic carbocycles. The number of ether oxygens (including phenoxy) is 1. The number of benzene rings is 1. The van der Waals surface area contributed by atoms with E-state index in [4.69, 9.17) is 9.84 Å². The standard InChI is InChI=1S/C12H12O3/c1-8(12(13)14)6-9-2-3-11-10(7-9)4-5-15-11/h2-3,6-7H,4-5H2,1H3,(H,13,14)/b8-6-. The van der Waals surface area contributed by atoms with Gasteiger partial charge in [-0.3, -0.25) is 0 Å². The topological polar surface area (TPSA) is 46.5 Å². The predicted molar refractivity (Wildman–Crippen MR) is 56.9 cm³/mol. The molecule has 0 radical (unpaired) electrons. The molecule has 0 spiro atoms. The van der Waals surface area contributed by atoms with Crippen LogP contribution in [0.1, 0.15) is 18.1 Å². The van der Waals surface area contributed by atoms with Crippen molar-refractivity contribution >= 4 is 12.0 Å². The molecule has 1 aliphatic heterocycles. The molecule has 0 aliphatic carbocycles. The van der Waals surface area contributed by atoms with Gasteiger partial charge in [0.05, 0.1) is 6.61 Å². The fourth-order valence-corrected chi connectivity index (χ4v) is 1.61. The van der Waals surface area contributed by atoms with E-state index in [-0.39, 0.29) is 0 Å². The minimum absolute atomic E-state index is 0.342. The van der Waals surface area contributed by atoms with Crippen molar-refractivity contribution < 1.29 is 14.6 Å². The summed E-state index contributed by atoms with van der Waals surface area (Å²) in [5.74, 6) is 0.0341. The highest BCUT2D eigenvalue weighted by molar-refractivity contribution is 5.91. The largest absolute Gasteiger partial charge is 0.493 e. The third-order valence-electron chi connectivity index (χ3n) is 2.43. The Labute approximate surface area is 88.0 Å². The first-order valence-corrected chi connectivity index (χ1v) is 4.84. The van der Waals surface area contributed by atoms with Crippen LogP contribution in [0.2, 0.25) is 0 Å². The van der Waals surface area contributed by atoms with Gasteiger partial charge in [0.2, 0.25) is 0 Å². The molecule has 3 heteroatoms. The van der Waals surface area contributed by atoms with Crippen LogP contribution in [-0.2, 0) is 11.2 Å². The average Bonchev–Trinajstić information content (AvgIpc) is 2.64. The highest BCUT2D eigenvalue weighted by Gasteiger charge is 2.11. The smallest absolute Gasteiger partial charge is 0.331 e. The molecule has 0 fully saturated rings. The number of rotatable bonds is 2. The molecule has 0 amide bonds. The summed E-state index contributed by atoms with van der Waals surface area (Å²) in [6.07, 6.45) is 2.57. The molecule has 0 bridgehead atoms. The Bertz CT molecular complexity index is 432. The second kappa shape index (κ2) is 3.77. The van der Waals surface area contributed by atoms with Gasteiger partial charge in [-0.05, 0) is 36.3 Å². The van der Waals surface area contributed by atoms with E-state index in [2.05, 4.69) is 0 Å². The van der Waals surface area contributed by atoms with Crippen LogP contribution in [0.25, 0.3) is 6.08 Å². The summed E-state index contributed by atoms with van der Waals surface area (Å²) < 4.78 is 5.37. The Morgan fingerprint density at radius 3 is 3.07 bits per heavy atom. The van der Waals surface area contributed by atoms with Gasteiger partial charge in [-0.15, -0.1) is 0 Å². The number of hydrogen-bond donors (Lipinski definition) is 1. The van der Waals surface area contributed by atoms with Crippen molar-refractivity contribution in [1.82, 2.24) is 0 Å². The molecule has 0 atom stereocenters. The van der Waals surface area contributed by atoms with Crippen LogP contribution in [-0.4, -0.2) is 17.7 Å². The summed E-state index contributed by atoms with van der Waals surface area (Å²) in [4.78, 5) is 10.6.